The molecule has 2 nitrogen and oxygen atoms in total. The Morgan fingerprint density at radius 1 is 1.00 bits per heavy atom. The zero-order valence-corrected chi connectivity index (χ0v) is 14.8. The molecule has 2 aromatic rings. The summed E-state index contributed by atoms with van der Waals surface area (Å²) in [6, 6.07) is 10.5. The van der Waals surface area contributed by atoms with Crippen LogP contribution in [0.4, 0.5) is 0 Å². The van der Waals surface area contributed by atoms with E-state index in [0.717, 1.165) is 20.8 Å². The van der Waals surface area contributed by atoms with Crippen LogP contribution in [0.1, 0.15) is 15.9 Å². The molecule has 0 radical (unpaired) electrons. The van der Waals surface area contributed by atoms with E-state index in [2.05, 4.69) is 31.9 Å². The molecule has 0 bridgehead atoms. The summed E-state index contributed by atoms with van der Waals surface area (Å²) < 4.78 is 1.80. The second-order valence-electron chi connectivity index (χ2n) is 3.68. The number of aldehydes is 1. The number of hydrogen-bond donors (Lipinski definition) is 1. The molecule has 106 valence electrons. The second-order valence-corrected chi connectivity index (χ2v) is 6.32. The predicted molar refractivity (Wildman–Crippen MR) is 89.6 cm³/mol. The molecule has 0 aliphatic rings. The second kappa shape index (κ2) is 8.80. The topological polar surface area (TPSA) is 37.3 Å². The van der Waals surface area contributed by atoms with Gasteiger partial charge in [-0.1, -0.05) is 61.1 Å². The summed E-state index contributed by atoms with van der Waals surface area (Å²) in [6.07, 6.45) is 0.731. The maximum atomic E-state index is 10.2. The van der Waals surface area contributed by atoms with Crippen LogP contribution in [0, 0.1) is 0 Å². The Labute approximate surface area is 144 Å². The minimum absolute atomic E-state index is 0.00782. The average molecular weight is 441 g/mol. The van der Waals surface area contributed by atoms with Crippen molar-refractivity contribution >= 4 is 61.3 Å². The van der Waals surface area contributed by atoms with E-state index in [0.29, 0.717) is 15.6 Å². The first kappa shape index (κ1) is 17.7. The molecule has 0 heterocycles. The van der Waals surface area contributed by atoms with Crippen LogP contribution in [0.3, 0.4) is 0 Å². The molecule has 20 heavy (non-hydrogen) atoms. The van der Waals surface area contributed by atoms with Crippen molar-refractivity contribution in [3.63, 3.8) is 0 Å². The highest BCUT2D eigenvalue weighted by molar-refractivity contribution is 9.10. The van der Waals surface area contributed by atoms with Gasteiger partial charge in [0.1, 0.15) is 0 Å². The summed E-state index contributed by atoms with van der Waals surface area (Å²) >= 11 is 17.9. The van der Waals surface area contributed by atoms with Gasteiger partial charge in [0.2, 0.25) is 0 Å². The summed E-state index contributed by atoms with van der Waals surface area (Å²) in [5.41, 5.74) is 1.27. The molecule has 0 aliphatic heterocycles. The summed E-state index contributed by atoms with van der Waals surface area (Å²) in [5, 5.41) is 9.78. The first-order valence-electron chi connectivity index (χ1n) is 5.43. The summed E-state index contributed by atoms with van der Waals surface area (Å²) in [4.78, 5) is 10.2. The summed E-state index contributed by atoms with van der Waals surface area (Å²) in [6.45, 7) is -0.00782. The Bertz CT molecular complexity index is 604. The third-order valence-electron chi connectivity index (χ3n) is 2.27. The molecule has 0 fully saturated rings. The zero-order chi connectivity index (χ0) is 15.1. The van der Waals surface area contributed by atoms with Crippen LogP contribution in [0.15, 0.2) is 45.3 Å². The molecule has 0 amide bonds. The number of carbonyl (C=O) groups excluding carboxylic acids is 1. The Morgan fingerprint density at radius 3 is 2.00 bits per heavy atom. The maximum Gasteiger partial charge on any atom is 0.151 e. The molecule has 0 atom stereocenters. The van der Waals surface area contributed by atoms with E-state index in [-0.39, 0.29) is 6.61 Å². The molecule has 1 N–H and O–H groups in total. The van der Waals surface area contributed by atoms with Gasteiger partial charge in [-0.15, -0.1) is 0 Å². The van der Waals surface area contributed by atoms with Crippen LogP contribution in [-0.4, -0.2) is 11.4 Å². The molecule has 0 spiro atoms. The third kappa shape index (κ3) is 5.54. The standard InChI is InChI=1S/C7H6BrClO.C7H4BrClO/c2*8-6-2-1-5(4-10)7(9)3-6/h1-3,10H,4H2;1-4H. The minimum Gasteiger partial charge on any atom is -0.392 e. The van der Waals surface area contributed by atoms with Gasteiger partial charge in [-0.05, 0) is 35.9 Å². The van der Waals surface area contributed by atoms with Gasteiger partial charge >= 0.3 is 0 Å². The normalized spacial score (nSPS) is 9.65. The van der Waals surface area contributed by atoms with Crippen LogP contribution < -0.4 is 0 Å². The lowest BCUT2D eigenvalue weighted by atomic mass is 10.2. The predicted octanol–water partition coefficient (Wildman–Crippen LogP) is 5.51. The lowest BCUT2D eigenvalue weighted by Gasteiger charge is -1.98. The number of aliphatic hydroxyl groups excluding tert-OH is 1. The molecule has 0 saturated heterocycles. The number of aliphatic hydroxyl groups is 1. The fraction of sp³-hybridized carbons (Fsp3) is 0.0714. The monoisotopic (exact) mass is 438 g/mol. The lowest BCUT2D eigenvalue weighted by molar-refractivity contribution is 0.112. The largest absolute Gasteiger partial charge is 0.392 e. The van der Waals surface area contributed by atoms with E-state index in [1.54, 1.807) is 30.3 Å². The van der Waals surface area contributed by atoms with Gasteiger partial charge < -0.3 is 5.11 Å². The first-order chi connectivity index (χ1) is 9.47. The van der Waals surface area contributed by atoms with Crippen LogP contribution in [0.2, 0.25) is 10.0 Å². The van der Waals surface area contributed by atoms with Crippen molar-refractivity contribution in [1.29, 1.82) is 0 Å². The van der Waals surface area contributed by atoms with Crippen LogP contribution >= 0.6 is 55.1 Å². The van der Waals surface area contributed by atoms with E-state index in [1.165, 1.54) is 0 Å². The van der Waals surface area contributed by atoms with Gasteiger partial charge in [0.05, 0.1) is 11.6 Å². The summed E-state index contributed by atoms with van der Waals surface area (Å²) in [5.74, 6) is 0. The van der Waals surface area contributed by atoms with Crippen molar-refractivity contribution in [1.82, 2.24) is 0 Å². The molecule has 2 rings (SSSR count). The Balaban J connectivity index is 0.000000200. The molecular formula is C14H10Br2Cl2O2. The molecular weight excluding hydrogens is 431 g/mol. The van der Waals surface area contributed by atoms with Gasteiger partial charge in [-0.25, -0.2) is 0 Å². The number of benzene rings is 2. The number of hydrogen-bond acceptors (Lipinski definition) is 2. The highest BCUT2D eigenvalue weighted by Gasteiger charge is 1.98. The highest BCUT2D eigenvalue weighted by Crippen LogP contribution is 2.21. The Morgan fingerprint density at radius 2 is 1.55 bits per heavy atom. The zero-order valence-electron chi connectivity index (χ0n) is 10.1. The fourth-order valence-corrected chi connectivity index (χ4v) is 2.70. The minimum atomic E-state index is -0.00782. The number of halogens is 4. The molecule has 0 aliphatic carbocycles. The van der Waals surface area contributed by atoms with Crippen LogP contribution in [0.25, 0.3) is 0 Å². The van der Waals surface area contributed by atoms with E-state index in [4.69, 9.17) is 28.3 Å². The highest BCUT2D eigenvalue weighted by atomic mass is 79.9. The lowest BCUT2D eigenvalue weighted by Crippen LogP contribution is -1.82. The van der Waals surface area contributed by atoms with Crippen molar-refractivity contribution in [2.75, 3.05) is 0 Å². The molecule has 0 aromatic heterocycles. The van der Waals surface area contributed by atoms with E-state index < -0.39 is 0 Å². The molecule has 2 aromatic carbocycles. The molecule has 6 heteroatoms. The van der Waals surface area contributed by atoms with Crippen LogP contribution in [0.5, 0.6) is 0 Å². The van der Waals surface area contributed by atoms with Crippen molar-refractivity contribution < 1.29 is 9.90 Å². The van der Waals surface area contributed by atoms with E-state index in [1.807, 2.05) is 6.07 Å². The SMILES string of the molecule is O=Cc1ccc(Br)cc1Cl.OCc1ccc(Br)cc1Cl. The van der Waals surface area contributed by atoms with Gasteiger partial charge in [-0.3, -0.25) is 4.79 Å². The average Bonchev–Trinajstić information content (AvgIpc) is 2.40. The van der Waals surface area contributed by atoms with Crippen molar-refractivity contribution in [3.8, 4) is 0 Å². The summed E-state index contributed by atoms with van der Waals surface area (Å²) in [7, 11) is 0. The van der Waals surface area contributed by atoms with E-state index >= 15 is 0 Å². The number of carbonyl (C=O) groups is 1. The Kier molecular flexibility index (Phi) is 7.77. The van der Waals surface area contributed by atoms with Crippen LogP contribution in [-0.2, 0) is 6.61 Å². The van der Waals surface area contributed by atoms with Crippen molar-refractivity contribution in [2.24, 2.45) is 0 Å². The van der Waals surface area contributed by atoms with Gasteiger partial charge in [0.15, 0.2) is 6.29 Å². The molecule has 0 unspecified atom stereocenters. The fourth-order valence-electron chi connectivity index (χ4n) is 1.25. The van der Waals surface area contributed by atoms with E-state index in [9.17, 15) is 4.79 Å². The first-order valence-corrected chi connectivity index (χ1v) is 7.77. The maximum absolute atomic E-state index is 10.2. The smallest absolute Gasteiger partial charge is 0.151 e. The van der Waals surface area contributed by atoms with Gasteiger partial charge in [-0.2, -0.15) is 0 Å². The number of rotatable bonds is 2. The van der Waals surface area contributed by atoms with Gasteiger partial charge in [0, 0.05) is 19.5 Å². The Hall–Kier alpha value is -0.390. The van der Waals surface area contributed by atoms with Crippen molar-refractivity contribution in [3.05, 3.63) is 66.5 Å². The molecule has 0 saturated carbocycles. The van der Waals surface area contributed by atoms with Gasteiger partial charge in [0.25, 0.3) is 0 Å². The quantitative estimate of drug-likeness (QED) is 0.625. The van der Waals surface area contributed by atoms with Crippen molar-refractivity contribution in [2.45, 2.75) is 6.61 Å². The third-order valence-corrected chi connectivity index (χ3v) is 3.94.